The summed E-state index contributed by atoms with van der Waals surface area (Å²) in [5.41, 5.74) is 3.68. The van der Waals surface area contributed by atoms with Gasteiger partial charge < -0.3 is 14.4 Å². The summed E-state index contributed by atoms with van der Waals surface area (Å²) in [7, 11) is 0. The van der Waals surface area contributed by atoms with Crippen molar-refractivity contribution in [1.29, 1.82) is 0 Å². The normalized spacial score (nSPS) is 10.8. The largest absolute Gasteiger partial charge is 0.481 e. The van der Waals surface area contributed by atoms with Crippen LogP contribution in [0.25, 0.3) is 5.65 Å². The molecule has 5 heteroatoms. The van der Waals surface area contributed by atoms with Gasteiger partial charge >= 0.3 is 5.97 Å². The van der Waals surface area contributed by atoms with E-state index in [9.17, 15) is 4.79 Å². The summed E-state index contributed by atoms with van der Waals surface area (Å²) >= 11 is 0. The maximum absolute atomic E-state index is 10.8. The van der Waals surface area contributed by atoms with E-state index in [-0.39, 0.29) is 6.42 Å². The van der Waals surface area contributed by atoms with Gasteiger partial charge in [-0.05, 0) is 24.6 Å². The van der Waals surface area contributed by atoms with Crippen LogP contribution < -0.4 is 4.90 Å². The van der Waals surface area contributed by atoms with E-state index in [0.29, 0.717) is 5.69 Å². The lowest BCUT2D eigenvalue weighted by Gasteiger charge is -2.23. The Morgan fingerprint density at radius 1 is 1.17 bits per heavy atom. The molecule has 0 saturated carbocycles. The molecule has 3 aromatic rings. The average Bonchev–Trinajstić information content (AvgIpc) is 2.94. The summed E-state index contributed by atoms with van der Waals surface area (Å²) in [6.45, 7) is 3.84. The Hall–Kier alpha value is -2.82. The second-order valence-electron chi connectivity index (χ2n) is 5.46. The molecule has 2 aromatic heterocycles. The van der Waals surface area contributed by atoms with Crippen molar-refractivity contribution in [2.75, 3.05) is 11.4 Å². The second kappa shape index (κ2) is 6.52. The standard InChI is InChI=1S/C18H19N3O2/c1-2-20(11-14-6-4-3-5-7-14)16-8-9-17-19-15(10-18(22)23)12-21(17)13-16/h3-9,12-13H,2,10-11H2,1H3,(H,22,23). The van der Waals surface area contributed by atoms with Crippen LogP contribution in [0.5, 0.6) is 0 Å². The van der Waals surface area contributed by atoms with E-state index >= 15 is 0 Å². The van der Waals surface area contributed by atoms with Gasteiger partial charge in [0.2, 0.25) is 0 Å². The van der Waals surface area contributed by atoms with Crippen LogP contribution in [0.3, 0.4) is 0 Å². The van der Waals surface area contributed by atoms with Crippen molar-refractivity contribution in [2.45, 2.75) is 19.9 Å². The molecule has 0 aliphatic carbocycles. The SMILES string of the molecule is CCN(Cc1ccccc1)c1ccc2nc(CC(=O)O)cn2c1. The third-order valence-corrected chi connectivity index (χ3v) is 3.78. The smallest absolute Gasteiger partial charge is 0.309 e. The molecule has 2 heterocycles. The molecule has 0 amide bonds. The van der Waals surface area contributed by atoms with Crippen LogP contribution in [-0.4, -0.2) is 27.0 Å². The van der Waals surface area contributed by atoms with Crippen molar-refractivity contribution in [1.82, 2.24) is 9.38 Å². The first-order chi connectivity index (χ1) is 11.2. The Morgan fingerprint density at radius 3 is 2.65 bits per heavy atom. The van der Waals surface area contributed by atoms with E-state index in [1.165, 1.54) is 5.56 Å². The van der Waals surface area contributed by atoms with Crippen LogP contribution >= 0.6 is 0 Å². The Bertz CT molecular complexity index is 812. The molecule has 3 rings (SSSR count). The third-order valence-electron chi connectivity index (χ3n) is 3.78. The summed E-state index contributed by atoms with van der Waals surface area (Å²) in [6, 6.07) is 14.3. The molecule has 0 spiro atoms. The first-order valence-corrected chi connectivity index (χ1v) is 7.64. The van der Waals surface area contributed by atoms with Crippen LogP contribution in [0, 0.1) is 0 Å². The number of carboxylic acid groups (broad SMARTS) is 1. The molecule has 0 radical (unpaired) electrons. The fraction of sp³-hybridized carbons (Fsp3) is 0.222. The zero-order valence-electron chi connectivity index (χ0n) is 13.0. The zero-order valence-corrected chi connectivity index (χ0v) is 13.0. The number of hydrogen-bond donors (Lipinski definition) is 1. The molecule has 0 atom stereocenters. The molecule has 0 aliphatic rings. The van der Waals surface area contributed by atoms with E-state index in [1.807, 2.05) is 40.9 Å². The highest BCUT2D eigenvalue weighted by atomic mass is 16.4. The van der Waals surface area contributed by atoms with Gasteiger partial charge in [0.05, 0.1) is 17.8 Å². The molecule has 118 valence electrons. The van der Waals surface area contributed by atoms with Gasteiger partial charge in [0.1, 0.15) is 5.65 Å². The predicted octanol–water partition coefficient (Wildman–Crippen LogP) is 2.99. The minimum atomic E-state index is -0.868. The van der Waals surface area contributed by atoms with Crippen LogP contribution in [0.1, 0.15) is 18.2 Å². The number of rotatable bonds is 6. The van der Waals surface area contributed by atoms with Crippen LogP contribution in [-0.2, 0) is 17.8 Å². The number of imidazole rings is 1. The van der Waals surface area contributed by atoms with Gasteiger partial charge in [0, 0.05) is 25.5 Å². The number of nitrogens with zero attached hydrogens (tertiary/aromatic N) is 3. The van der Waals surface area contributed by atoms with Gasteiger partial charge in [-0.15, -0.1) is 0 Å². The average molecular weight is 309 g/mol. The molecule has 5 nitrogen and oxygen atoms in total. The van der Waals surface area contributed by atoms with E-state index in [4.69, 9.17) is 5.11 Å². The molecule has 23 heavy (non-hydrogen) atoms. The van der Waals surface area contributed by atoms with Gasteiger partial charge in [-0.2, -0.15) is 0 Å². The highest BCUT2D eigenvalue weighted by Gasteiger charge is 2.09. The number of hydrogen-bond acceptors (Lipinski definition) is 3. The van der Waals surface area contributed by atoms with Crippen molar-refractivity contribution in [3.8, 4) is 0 Å². The summed E-state index contributed by atoms with van der Waals surface area (Å²) in [5, 5.41) is 8.88. The van der Waals surface area contributed by atoms with Crippen LogP contribution in [0.2, 0.25) is 0 Å². The fourth-order valence-electron chi connectivity index (χ4n) is 2.65. The lowest BCUT2D eigenvalue weighted by molar-refractivity contribution is -0.136. The monoisotopic (exact) mass is 309 g/mol. The highest BCUT2D eigenvalue weighted by Crippen LogP contribution is 2.19. The fourth-order valence-corrected chi connectivity index (χ4v) is 2.65. The first kappa shape index (κ1) is 15.1. The van der Waals surface area contributed by atoms with Gasteiger partial charge in [0.15, 0.2) is 0 Å². The minimum Gasteiger partial charge on any atom is -0.481 e. The highest BCUT2D eigenvalue weighted by molar-refractivity contribution is 5.70. The molecule has 0 aliphatic heterocycles. The number of fused-ring (bicyclic) bond motifs is 1. The number of pyridine rings is 1. The minimum absolute atomic E-state index is 0.0570. The summed E-state index contributed by atoms with van der Waals surface area (Å²) < 4.78 is 1.89. The van der Waals surface area contributed by atoms with Crippen molar-refractivity contribution < 1.29 is 9.90 Å². The molecular formula is C18H19N3O2. The number of benzene rings is 1. The van der Waals surface area contributed by atoms with Crippen molar-refractivity contribution in [3.63, 3.8) is 0 Å². The van der Waals surface area contributed by atoms with Gasteiger partial charge in [0.25, 0.3) is 0 Å². The molecule has 0 unspecified atom stereocenters. The third kappa shape index (κ3) is 3.51. The van der Waals surface area contributed by atoms with Crippen molar-refractivity contribution in [3.05, 3.63) is 66.1 Å². The van der Waals surface area contributed by atoms with E-state index in [2.05, 4.69) is 28.9 Å². The predicted molar refractivity (Wildman–Crippen MR) is 89.7 cm³/mol. The summed E-state index contributed by atoms with van der Waals surface area (Å²) in [5.74, 6) is -0.868. The molecule has 0 bridgehead atoms. The van der Waals surface area contributed by atoms with E-state index in [1.54, 1.807) is 6.20 Å². The van der Waals surface area contributed by atoms with Crippen LogP contribution in [0.15, 0.2) is 54.9 Å². The summed E-state index contributed by atoms with van der Waals surface area (Å²) in [4.78, 5) is 17.4. The summed E-state index contributed by atoms with van der Waals surface area (Å²) in [6.07, 6.45) is 3.72. The Labute approximate surface area is 134 Å². The van der Waals surface area contributed by atoms with Gasteiger partial charge in [-0.25, -0.2) is 4.98 Å². The molecule has 0 fully saturated rings. The number of aliphatic carboxylic acids is 1. The second-order valence-corrected chi connectivity index (χ2v) is 5.46. The number of aromatic nitrogens is 2. The van der Waals surface area contributed by atoms with Gasteiger partial charge in [-0.3, -0.25) is 4.79 Å². The molecule has 1 N–H and O–H groups in total. The Kier molecular flexibility index (Phi) is 4.28. The topological polar surface area (TPSA) is 57.8 Å². The number of anilines is 1. The lowest BCUT2D eigenvalue weighted by atomic mass is 10.2. The van der Waals surface area contributed by atoms with Gasteiger partial charge in [-0.1, -0.05) is 30.3 Å². The maximum atomic E-state index is 10.8. The molecule has 0 saturated heterocycles. The van der Waals surface area contributed by atoms with E-state index in [0.717, 1.165) is 24.4 Å². The van der Waals surface area contributed by atoms with Crippen molar-refractivity contribution >= 4 is 17.3 Å². The zero-order chi connectivity index (χ0) is 16.2. The quantitative estimate of drug-likeness (QED) is 0.760. The Balaban J connectivity index is 1.87. The maximum Gasteiger partial charge on any atom is 0.309 e. The van der Waals surface area contributed by atoms with Crippen LogP contribution in [0.4, 0.5) is 5.69 Å². The van der Waals surface area contributed by atoms with Crippen molar-refractivity contribution in [2.24, 2.45) is 0 Å². The Morgan fingerprint density at radius 2 is 1.96 bits per heavy atom. The molecular weight excluding hydrogens is 290 g/mol. The number of carboxylic acids is 1. The number of carbonyl (C=O) groups is 1. The lowest BCUT2D eigenvalue weighted by Crippen LogP contribution is -2.22. The first-order valence-electron chi connectivity index (χ1n) is 7.64. The molecule has 1 aromatic carbocycles. The van der Waals surface area contributed by atoms with E-state index < -0.39 is 5.97 Å².